The zero-order valence-corrected chi connectivity index (χ0v) is 25.9. The van der Waals surface area contributed by atoms with Gasteiger partial charge in [0.15, 0.2) is 17.3 Å². The lowest BCUT2D eigenvalue weighted by Crippen LogP contribution is -2.45. The Morgan fingerprint density at radius 2 is 1.56 bits per heavy atom. The minimum Gasteiger partial charge on any atom is -0.496 e. The normalized spacial score (nSPS) is 26.1. The van der Waals surface area contributed by atoms with E-state index in [9.17, 15) is 9.59 Å². The summed E-state index contributed by atoms with van der Waals surface area (Å²) < 4.78 is 35.5. The topological polar surface area (TPSA) is 89.5 Å². The van der Waals surface area contributed by atoms with Crippen molar-refractivity contribution in [2.75, 3.05) is 35.5 Å². The van der Waals surface area contributed by atoms with Crippen molar-refractivity contribution in [3.63, 3.8) is 0 Å². The highest BCUT2D eigenvalue weighted by molar-refractivity contribution is 6.06. The Morgan fingerprint density at radius 1 is 0.902 bits per heavy atom. The summed E-state index contributed by atoms with van der Waals surface area (Å²) in [5, 5.41) is 0. The molecule has 226 valence electrons. The number of benzene rings is 1. The molecule has 41 heavy (non-hydrogen) atoms. The molecule has 0 saturated heterocycles. The standard InChI is InChI=1S/C33H46O8/c1-9-10-11-12-13-14-15-16-25(35)41-27-20(2)32(3)19-21-17-24(36-4)29(38-6)30(39-7)26(21)33(32)22(27)18-23(34)28(37-5)31(33)40-8/h17-18,20,27H,9-16,19H2,1-8H3/t20-,27+,32+,33+/m0/s1. The van der Waals surface area contributed by atoms with E-state index in [1.165, 1.54) is 32.8 Å². The first-order chi connectivity index (χ1) is 19.7. The fourth-order valence-corrected chi connectivity index (χ4v) is 7.58. The quantitative estimate of drug-likeness (QED) is 0.192. The fraction of sp³-hybridized carbons (Fsp3) is 0.636. The van der Waals surface area contributed by atoms with E-state index >= 15 is 0 Å². The van der Waals surface area contributed by atoms with Crippen LogP contribution in [0.15, 0.2) is 29.2 Å². The Morgan fingerprint density at radius 3 is 2.15 bits per heavy atom. The first-order valence-corrected chi connectivity index (χ1v) is 14.8. The van der Waals surface area contributed by atoms with Gasteiger partial charge in [-0.3, -0.25) is 9.59 Å². The lowest BCUT2D eigenvalue weighted by Gasteiger charge is -2.43. The van der Waals surface area contributed by atoms with Gasteiger partial charge in [0.05, 0.1) is 41.0 Å². The van der Waals surface area contributed by atoms with Crippen molar-refractivity contribution in [2.45, 2.75) is 90.1 Å². The van der Waals surface area contributed by atoms with Gasteiger partial charge < -0.3 is 28.4 Å². The van der Waals surface area contributed by atoms with E-state index in [0.717, 1.165) is 30.4 Å². The predicted octanol–water partition coefficient (Wildman–Crippen LogP) is 6.23. The lowest BCUT2D eigenvalue weighted by molar-refractivity contribution is -0.149. The third kappa shape index (κ3) is 4.67. The molecule has 8 heteroatoms. The Kier molecular flexibility index (Phi) is 9.29. The molecule has 0 N–H and O–H groups in total. The van der Waals surface area contributed by atoms with Gasteiger partial charge in [-0.1, -0.05) is 59.3 Å². The zero-order valence-electron chi connectivity index (χ0n) is 25.9. The smallest absolute Gasteiger partial charge is 0.306 e. The average Bonchev–Trinajstić information content (AvgIpc) is 3.32. The molecule has 0 bridgehead atoms. The molecular weight excluding hydrogens is 524 g/mol. The van der Waals surface area contributed by atoms with Crippen molar-refractivity contribution in [2.24, 2.45) is 11.3 Å². The Hall–Kier alpha value is -3.16. The maximum atomic E-state index is 13.4. The Bertz CT molecular complexity index is 1230. The summed E-state index contributed by atoms with van der Waals surface area (Å²) in [6, 6.07) is 1.97. The van der Waals surface area contributed by atoms with Gasteiger partial charge in [-0.25, -0.2) is 0 Å². The minimum absolute atomic E-state index is 0.134. The number of rotatable bonds is 14. The van der Waals surface area contributed by atoms with E-state index in [-0.39, 0.29) is 23.4 Å². The van der Waals surface area contributed by atoms with Crippen molar-refractivity contribution in [1.29, 1.82) is 0 Å². The Labute approximate surface area is 244 Å². The molecule has 1 saturated carbocycles. The molecule has 1 fully saturated rings. The van der Waals surface area contributed by atoms with Crippen LogP contribution in [-0.4, -0.2) is 53.4 Å². The highest BCUT2D eigenvalue weighted by Gasteiger charge is 2.73. The summed E-state index contributed by atoms with van der Waals surface area (Å²) in [5.41, 5.74) is 0.971. The Balaban J connectivity index is 1.78. The summed E-state index contributed by atoms with van der Waals surface area (Å²) in [5.74, 6) is 1.31. The summed E-state index contributed by atoms with van der Waals surface area (Å²) >= 11 is 0. The number of carbonyl (C=O) groups excluding carboxylic acids is 2. The number of methoxy groups -OCH3 is 5. The molecule has 1 aromatic rings. The van der Waals surface area contributed by atoms with Crippen LogP contribution in [0, 0.1) is 11.3 Å². The summed E-state index contributed by atoms with van der Waals surface area (Å²) in [6.07, 6.45) is 9.75. The third-order valence-corrected chi connectivity index (χ3v) is 9.61. The number of esters is 1. The number of fused-ring (bicyclic) bond motifs is 1. The van der Waals surface area contributed by atoms with Crippen LogP contribution in [0.5, 0.6) is 17.2 Å². The number of carbonyl (C=O) groups is 2. The molecule has 4 rings (SSSR count). The van der Waals surface area contributed by atoms with Gasteiger partial charge in [0, 0.05) is 17.9 Å². The molecular formula is C33H46O8. The second-order valence-electron chi connectivity index (χ2n) is 11.6. The van der Waals surface area contributed by atoms with Crippen molar-refractivity contribution in [3.05, 3.63) is 40.4 Å². The van der Waals surface area contributed by atoms with Crippen molar-refractivity contribution in [3.8, 4) is 17.2 Å². The largest absolute Gasteiger partial charge is 0.496 e. The minimum atomic E-state index is -0.981. The molecule has 3 aliphatic carbocycles. The predicted molar refractivity (Wildman–Crippen MR) is 155 cm³/mol. The molecule has 4 atom stereocenters. The van der Waals surface area contributed by atoms with E-state index < -0.39 is 16.9 Å². The van der Waals surface area contributed by atoms with Crippen molar-refractivity contribution in [1.82, 2.24) is 0 Å². The van der Waals surface area contributed by atoms with Gasteiger partial charge in [0.2, 0.25) is 17.3 Å². The molecule has 0 amide bonds. The molecule has 0 aliphatic heterocycles. The highest BCUT2D eigenvalue weighted by atomic mass is 16.5. The number of ketones is 1. The second kappa shape index (κ2) is 12.4. The van der Waals surface area contributed by atoms with Gasteiger partial charge in [0.25, 0.3) is 0 Å². The first kappa shape index (κ1) is 30.8. The van der Waals surface area contributed by atoms with E-state index in [4.69, 9.17) is 28.4 Å². The number of allylic oxidation sites excluding steroid dienone is 2. The van der Waals surface area contributed by atoms with Crippen LogP contribution in [0.2, 0.25) is 0 Å². The maximum Gasteiger partial charge on any atom is 0.306 e. The molecule has 3 aliphatic rings. The van der Waals surface area contributed by atoms with Crippen LogP contribution >= 0.6 is 0 Å². The number of hydrogen-bond donors (Lipinski definition) is 0. The molecule has 0 aromatic heterocycles. The summed E-state index contributed by atoms with van der Waals surface area (Å²) in [4.78, 5) is 26.6. The second-order valence-corrected chi connectivity index (χ2v) is 11.6. The van der Waals surface area contributed by atoms with Crippen LogP contribution in [-0.2, 0) is 35.6 Å². The fourth-order valence-electron chi connectivity index (χ4n) is 7.58. The van der Waals surface area contributed by atoms with Crippen LogP contribution in [0.25, 0.3) is 0 Å². The molecule has 8 nitrogen and oxygen atoms in total. The SMILES string of the molecule is CCCCCCCCCC(=O)O[C@H]1C2=CC(=O)C(OC)=C(OC)[C@]23c2c(cc(OC)c(OC)c2OC)C[C@]3(C)[C@H]1C. The summed E-state index contributed by atoms with van der Waals surface area (Å²) in [7, 11) is 7.77. The molecule has 0 heterocycles. The van der Waals surface area contributed by atoms with E-state index in [2.05, 4.69) is 20.8 Å². The van der Waals surface area contributed by atoms with E-state index in [1.807, 2.05) is 6.07 Å². The van der Waals surface area contributed by atoms with Gasteiger partial charge in [-0.15, -0.1) is 0 Å². The number of ether oxygens (including phenoxy) is 6. The van der Waals surface area contributed by atoms with E-state index in [1.54, 1.807) is 34.5 Å². The van der Waals surface area contributed by atoms with Crippen molar-refractivity contribution >= 4 is 11.8 Å². The van der Waals surface area contributed by atoms with Gasteiger partial charge >= 0.3 is 5.97 Å². The molecule has 1 spiro atoms. The average molecular weight is 571 g/mol. The van der Waals surface area contributed by atoms with Crippen LogP contribution in [0.1, 0.15) is 83.3 Å². The lowest BCUT2D eigenvalue weighted by atomic mass is 9.60. The maximum absolute atomic E-state index is 13.4. The number of unbranched alkanes of at least 4 members (excludes halogenated alkanes) is 6. The van der Waals surface area contributed by atoms with Gasteiger partial charge in [-0.05, 0) is 41.5 Å². The highest BCUT2D eigenvalue weighted by Crippen LogP contribution is 2.73. The third-order valence-electron chi connectivity index (χ3n) is 9.61. The summed E-state index contributed by atoms with van der Waals surface area (Å²) in [6.45, 7) is 6.46. The number of hydrogen-bond acceptors (Lipinski definition) is 8. The van der Waals surface area contributed by atoms with Crippen LogP contribution in [0.3, 0.4) is 0 Å². The molecule has 0 unspecified atom stereocenters. The first-order valence-electron chi connectivity index (χ1n) is 14.8. The molecule has 0 radical (unpaired) electrons. The van der Waals surface area contributed by atoms with Gasteiger partial charge in [0.1, 0.15) is 6.10 Å². The monoisotopic (exact) mass is 570 g/mol. The van der Waals surface area contributed by atoms with Crippen molar-refractivity contribution < 1.29 is 38.0 Å². The van der Waals surface area contributed by atoms with Crippen LogP contribution in [0.4, 0.5) is 0 Å². The molecule has 1 aromatic carbocycles. The van der Waals surface area contributed by atoms with E-state index in [0.29, 0.717) is 41.4 Å². The van der Waals surface area contributed by atoms with Crippen LogP contribution < -0.4 is 14.2 Å². The van der Waals surface area contributed by atoms with Gasteiger partial charge in [-0.2, -0.15) is 0 Å². The zero-order chi connectivity index (χ0) is 29.9.